The quantitative estimate of drug-likeness (QED) is 0.0665. The fraction of sp³-hybridized carbons (Fsp3) is 0.894. The molecule has 1 saturated carbocycles. The molecule has 3 aliphatic carbocycles. The Labute approximate surface area is 379 Å². The van der Waals surface area contributed by atoms with E-state index in [4.69, 9.17) is 14.5 Å². The third kappa shape index (κ3) is 9.14. The molecule has 6 aliphatic heterocycles. The van der Waals surface area contributed by atoms with Crippen molar-refractivity contribution in [3.8, 4) is 0 Å². The Hall–Kier alpha value is -1.71. The topological polar surface area (TPSA) is 182 Å². The second-order valence-electron chi connectivity index (χ2n) is 21.4. The SMILES string of the molecule is COC(O)N[C@@H](C(C)C)C(O)N1CCC[C@H]1C1NCC(C2=CCC3C(C2)C(F)C2C4CCC(C5CN=C([C@@H]6CCCN6C(O)[C@@H](NO)C(C)C)N5)CC4OC(C4=CCC(F)CC4)N32)N1. The van der Waals surface area contributed by atoms with E-state index in [1.807, 2.05) is 27.7 Å². The van der Waals surface area contributed by atoms with Crippen molar-refractivity contribution in [3.63, 3.8) is 0 Å². The van der Waals surface area contributed by atoms with Gasteiger partial charge in [-0.3, -0.25) is 35.6 Å². The van der Waals surface area contributed by atoms with Gasteiger partial charge in [0.15, 0.2) is 0 Å². The number of methoxy groups -OCH3 is 1. The molecule has 0 amide bonds. The van der Waals surface area contributed by atoms with Crippen LogP contribution in [-0.4, -0.2) is 172 Å². The number of amidine groups is 1. The van der Waals surface area contributed by atoms with Crippen LogP contribution < -0.4 is 26.7 Å². The molecular weight excluding hydrogens is 825 g/mol. The minimum absolute atomic E-state index is 0.0125. The van der Waals surface area contributed by atoms with Crippen molar-refractivity contribution in [1.82, 2.24) is 41.4 Å². The number of nitrogens with zero attached hydrogens (tertiary/aromatic N) is 4. The van der Waals surface area contributed by atoms with E-state index in [1.165, 1.54) is 12.7 Å². The molecule has 0 radical (unpaired) electrons. The zero-order chi connectivity index (χ0) is 45.0. The van der Waals surface area contributed by atoms with Crippen molar-refractivity contribution < 1.29 is 38.8 Å². The highest BCUT2D eigenvalue weighted by atomic mass is 19.1. The molecule has 0 aromatic heterocycles. The summed E-state index contributed by atoms with van der Waals surface area (Å²) in [6.07, 6.45) is 8.58. The van der Waals surface area contributed by atoms with E-state index < -0.39 is 37.3 Å². The first kappa shape index (κ1) is 47.4. The number of allylic oxidation sites excluding steroid dienone is 1. The zero-order valence-corrected chi connectivity index (χ0v) is 38.7. The fourth-order valence-electron chi connectivity index (χ4n) is 13.7. The van der Waals surface area contributed by atoms with Gasteiger partial charge in [-0.1, -0.05) is 45.4 Å². The number of hydrogen-bond donors (Lipinski definition) is 9. The molecule has 0 bridgehead atoms. The summed E-state index contributed by atoms with van der Waals surface area (Å²) in [5.41, 5.74) is 4.71. The number of alkyl halides is 2. The van der Waals surface area contributed by atoms with Crippen LogP contribution in [0.4, 0.5) is 8.78 Å². The van der Waals surface area contributed by atoms with E-state index in [1.54, 1.807) is 0 Å². The van der Waals surface area contributed by atoms with Crippen LogP contribution in [-0.2, 0) is 9.47 Å². The number of aliphatic hydroxyl groups excluding tert-OH is 3. The Morgan fingerprint density at radius 2 is 1.64 bits per heavy atom. The van der Waals surface area contributed by atoms with Crippen molar-refractivity contribution in [3.05, 3.63) is 23.3 Å². The number of aliphatic imine (C=N–C) groups is 1. The molecule has 15 nitrogen and oxygen atoms in total. The van der Waals surface area contributed by atoms with Crippen LogP contribution in [0.5, 0.6) is 0 Å². The van der Waals surface area contributed by atoms with Gasteiger partial charge >= 0.3 is 0 Å². The molecule has 6 fully saturated rings. The largest absolute Gasteiger partial charge is 0.377 e. The summed E-state index contributed by atoms with van der Waals surface area (Å²) >= 11 is 0. The summed E-state index contributed by atoms with van der Waals surface area (Å²) in [6.45, 7) is 10.9. The highest BCUT2D eigenvalue weighted by Crippen LogP contribution is 2.53. The van der Waals surface area contributed by atoms with Crippen LogP contribution in [0.3, 0.4) is 0 Å². The summed E-state index contributed by atoms with van der Waals surface area (Å²) < 4.78 is 44.5. The molecule has 362 valence electrons. The predicted molar refractivity (Wildman–Crippen MR) is 239 cm³/mol. The van der Waals surface area contributed by atoms with E-state index in [0.29, 0.717) is 38.1 Å². The van der Waals surface area contributed by atoms with Gasteiger partial charge in [0, 0.05) is 68.8 Å². The van der Waals surface area contributed by atoms with E-state index in [2.05, 4.69) is 53.6 Å². The summed E-state index contributed by atoms with van der Waals surface area (Å²) in [5.74, 6) is 1.24. The van der Waals surface area contributed by atoms with Gasteiger partial charge in [-0.2, -0.15) is 5.48 Å². The lowest BCUT2D eigenvalue weighted by Crippen LogP contribution is -2.61. The standard InChI is InChI=1S/C47H79F2N9O6/c1-24(2)39(54-47(61)63-5)44(59)56-18-6-8-35(56)42-50-22-32(52-42)27-13-17-34-31(20-27)38(49)41-30-16-12-28(21-37(30)64-46(58(34)41)26-10-14-29(48)15-11-26)33-23-51-43(53-33)36-9-7-19-57(36)45(60)40(55-62)25(3)4/h10,13,24-25,28-42,44-47,50,52,54-55,59-62H,6-9,11-12,14-23H2,1-5H3,(H,51,53)/t28?,29?,30?,31?,32?,33?,34?,35-,36-,37?,38?,39-,40-,41?,42?,44?,45?,46?,47?/m0/s1. The Morgan fingerprint density at radius 3 is 2.38 bits per heavy atom. The molecule has 17 heteroatoms. The number of aliphatic hydroxyl groups is 3. The van der Waals surface area contributed by atoms with E-state index in [-0.39, 0.29) is 84.5 Å². The molecular formula is C47H79F2N9O6. The molecule has 9 aliphatic rings. The molecule has 9 rings (SSSR count). The Morgan fingerprint density at radius 1 is 0.891 bits per heavy atom. The lowest BCUT2D eigenvalue weighted by Gasteiger charge is -2.53. The van der Waals surface area contributed by atoms with Gasteiger partial charge in [-0.05, 0) is 100 Å². The fourth-order valence-corrected chi connectivity index (χ4v) is 13.7. The molecule has 15 unspecified atom stereocenters. The second-order valence-corrected chi connectivity index (χ2v) is 21.4. The minimum Gasteiger partial charge on any atom is -0.377 e. The number of hydrogen-bond acceptors (Lipinski definition) is 15. The van der Waals surface area contributed by atoms with Gasteiger partial charge in [0.25, 0.3) is 0 Å². The highest BCUT2D eigenvalue weighted by molar-refractivity contribution is 5.89. The number of rotatable bonds is 15. The van der Waals surface area contributed by atoms with Gasteiger partial charge in [-0.25, -0.2) is 8.78 Å². The molecule has 0 spiro atoms. The maximum absolute atomic E-state index is 17.6. The van der Waals surface area contributed by atoms with Crippen LogP contribution in [0.1, 0.15) is 105 Å². The number of hydroxylamine groups is 1. The molecule has 6 heterocycles. The molecule has 0 aromatic rings. The monoisotopic (exact) mass is 904 g/mol. The minimum atomic E-state index is -1.17. The smallest absolute Gasteiger partial charge is 0.213 e. The Bertz CT molecular complexity index is 1700. The number of likely N-dealkylation sites (tertiary alicyclic amines) is 2. The molecule has 0 aromatic carbocycles. The summed E-state index contributed by atoms with van der Waals surface area (Å²) in [7, 11) is 1.43. The second kappa shape index (κ2) is 20.1. The Balaban J connectivity index is 0.865. The van der Waals surface area contributed by atoms with Gasteiger partial charge in [-0.15, -0.1) is 0 Å². The third-order valence-electron chi connectivity index (χ3n) is 17.2. The summed E-state index contributed by atoms with van der Waals surface area (Å²) in [4.78, 5) is 11.6. The van der Waals surface area contributed by atoms with Gasteiger partial charge in [0.2, 0.25) is 6.41 Å². The molecule has 5 saturated heterocycles. The Kier molecular flexibility index (Phi) is 14.9. The molecule has 19 atom stereocenters. The van der Waals surface area contributed by atoms with Crippen LogP contribution in [0.2, 0.25) is 0 Å². The lowest BCUT2D eigenvalue weighted by molar-refractivity contribution is -0.199. The highest BCUT2D eigenvalue weighted by Gasteiger charge is 2.61. The van der Waals surface area contributed by atoms with E-state index >= 15 is 4.39 Å². The molecule has 9 N–H and O–H groups in total. The zero-order valence-electron chi connectivity index (χ0n) is 38.7. The van der Waals surface area contributed by atoms with Gasteiger partial charge in [0.05, 0.1) is 36.9 Å². The number of halogens is 2. The van der Waals surface area contributed by atoms with Crippen molar-refractivity contribution in [2.24, 2.45) is 34.6 Å². The maximum Gasteiger partial charge on any atom is 0.213 e. The third-order valence-corrected chi connectivity index (χ3v) is 17.2. The number of fused-ring (bicyclic) bond motifs is 5. The average molecular weight is 904 g/mol. The lowest BCUT2D eigenvalue weighted by atomic mass is 9.71. The van der Waals surface area contributed by atoms with Crippen LogP contribution in [0.15, 0.2) is 28.3 Å². The normalized spacial score (nSPS) is 42.1. The van der Waals surface area contributed by atoms with Crippen molar-refractivity contribution >= 4 is 5.84 Å². The summed E-state index contributed by atoms with van der Waals surface area (Å²) in [6, 6.07) is -0.866. The van der Waals surface area contributed by atoms with Crippen molar-refractivity contribution in [1.29, 1.82) is 0 Å². The first-order chi connectivity index (χ1) is 30.9. The van der Waals surface area contributed by atoms with Crippen LogP contribution in [0.25, 0.3) is 0 Å². The number of ether oxygens (including phenoxy) is 2. The van der Waals surface area contributed by atoms with Crippen LogP contribution >= 0.6 is 0 Å². The first-order valence-corrected chi connectivity index (χ1v) is 25.0. The van der Waals surface area contributed by atoms with E-state index in [9.17, 15) is 24.9 Å². The van der Waals surface area contributed by atoms with Gasteiger partial charge < -0.3 is 35.3 Å². The summed E-state index contributed by atoms with van der Waals surface area (Å²) in [5, 5.41) is 57.4. The van der Waals surface area contributed by atoms with E-state index in [0.717, 1.165) is 82.4 Å². The average Bonchev–Trinajstić information content (AvgIpc) is 4.15. The predicted octanol–water partition coefficient (Wildman–Crippen LogP) is 2.67. The van der Waals surface area contributed by atoms with Crippen molar-refractivity contribution in [2.45, 2.75) is 203 Å². The number of nitrogens with one attached hydrogen (secondary N) is 5. The van der Waals surface area contributed by atoms with Crippen LogP contribution in [0, 0.1) is 29.6 Å². The first-order valence-electron chi connectivity index (χ1n) is 25.0. The van der Waals surface area contributed by atoms with Crippen molar-refractivity contribution in [2.75, 3.05) is 33.3 Å². The molecule has 64 heavy (non-hydrogen) atoms. The van der Waals surface area contributed by atoms with Gasteiger partial charge in [0.1, 0.15) is 36.9 Å². The maximum atomic E-state index is 17.6.